The van der Waals surface area contributed by atoms with Gasteiger partial charge in [0.1, 0.15) is 16.8 Å². The molecule has 0 fully saturated rings. The van der Waals surface area contributed by atoms with E-state index in [1.54, 1.807) is 0 Å². The Hall–Kier alpha value is 0.137. The molecule has 0 aromatic rings. The maximum absolute atomic E-state index is 6.00. The minimum atomic E-state index is 0.0806. The molecule has 1 atom stereocenters. The van der Waals surface area contributed by atoms with Crippen LogP contribution in [0.2, 0.25) is 0 Å². The second-order valence-electron chi connectivity index (χ2n) is 10.5. The van der Waals surface area contributed by atoms with Crippen LogP contribution in [0.3, 0.4) is 0 Å². The Bertz CT molecular complexity index is 307. The molecule has 0 aliphatic carbocycles. The van der Waals surface area contributed by atoms with Crippen molar-refractivity contribution in [2.75, 3.05) is 6.61 Å². The van der Waals surface area contributed by atoms with Gasteiger partial charge in [-0.3, -0.25) is 0 Å². The molecule has 0 spiro atoms. The highest BCUT2D eigenvalue weighted by molar-refractivity contribution is 5.98. The number of unbranched alkanes of at least 4 members (excludes halogenated alkanes) is 23. The van der Waals surface area contributed by atoms with Crippen LogP contribution in [0.1, 0.15) is 181 Å². The van der Waals surface area contributed by atoms with Crippen LogP contribution in [-0.4, -0.2) is 23.4 Å². The van der Waals surface area contributed by atoms with Crippen molar-refractivity contribution in [2.24, 2.45) is 0 Å². The summed E-state index contributed by atoms with van der Waals surface area (Å²) in [5.74, 6) is 0. The van der Waals surface area contributed by atoms with Crippen LogP contribution >= 0.6 is 0 Å². The molecular weight excluding hydrogens is 420 g/mol. The molecule has 33 heavy (non-hydrogen) atoms. The first-order valence-corrected chi connectivity index (χ1v) is 16.3. The molecule has 1 unspecified atom stereocenters. The molecule has 0 rings (SSSR count). The smallest absolute Gasteiger partial charge is 0.149 e. The average molecular weight is 485 g/mol. The van der Waals surface area contributed by atoms with Crippen molar-refractivity contribution in [1.29, 1.82) is 0 Å². The van der Waals surface area contributed by atoms with E-state index in [0.29, 0.717) is 0 Å². The van der Waals surface area contributed by atoms with E-state index in [9.17, 15) is 0 Å². The van der Waals surface area contributed by atoms with E-state index in [2.05, 4.69) is 13.8 Å². The average Bonchev–Trinajstić information content (AvgIpc) is 2.83. The van der Waals surface area contributed by atoms with Gasteiger partial charge in [-0.2, -0.15) is 0 Å². The summed E-state index contributed by atoms with van der Waals surface area (Å²) in [4.78, 5) is 0. The molecule has 0 aliphatic heterocycles. The zero-order valence-electron chi connectivity index (χ0n) is 23.5. The molecule has 0 saturated heterocycles. The van der Waals surface area contributed by atoms with E-state index < -0.39 is 0 Å². The fourth-order valence-electron chi connectivity index (χ4n) is 4.76. The van der Waals surface area contributed by atoms with Crippen LogP contribution in [0, 0.1) is 0 Å². The first-order chi connectivity index (χ1) is 16.3. The van der Waals surface area contributed by atoms with E-state index in [-0.39, 0.29) is 6.29 Å². The zero-order chi connectivity index (χ0) is 24.1. The van der Waals surface area contributed by atoms with Gasteiger partial charge in [0.05, 0.1) is 0 Å². The van der Waals surface area contributed by atoms with Crippen molar-refractivity contribution >= 4 is 10.5 Å². The van der Waals surface area contributed by atoms with Crippen molar-refractivity contribution in [3.05, 3.63) is 0 Å². The topological polar surface area (TPSA) is 18.5 Å². The maximum Gasteiger partial charge on any atom is 0.149 e. The minimum Gasteiger partial charge on any atom is -0.404 e. The zero-order valence-corrected chi connectivity index (χ0v) is 25.5. The largest absolute Gasteiger partial charge is 0.404 e. The van der Waals surface area contributed by atoms with Gasteiger partial charge in [-0.1, -0.05) is 162 Å². The van der Waals surface area contributed by atoms with Gasteiger partial charge in [0.25, 0.3) is 0 Å². The van der Waals surface area contributed by atoms with Gasteiger partial charge in [0, 0.05) is 6.61 Å². The van der Waals surface area contributed by atoms with Gasteiger partial charge >= 0.3 is 0 Å². The molecule has 0 N–H and O–H groups in total. The van der Waals surface area contributed by atoms with Crippen LogP contribution in [0.25, 0.3) is 0 Å². The molecule has 0 radical (unpaired) electrons. The lowest BCUT2D eigenvalue weighted by Crippen LogP contribution is -2.16. The van der Waals surface area contributed by atoms with E-state index in [1.807, 2.05) is 0 Å². The Morgan fingerprint density at radius 3 is 1.06 bits per heavy atom. The predicted octanol–water partition coefficient (Wildman–Crippen LogP) is 9.81. The molecule has 2 nitrogen and oxygen atoms in total. The molecule has 0 amide bonds. The van der Waals surface area contributed by atoms with E-state index >= 15 is 0 Å². The van der Waals surface area contributed by atoms with Gasteiger partial charge in [0.2, 0.25) is 0 Å². The van der Waals surface area contributed by atoms with Crippen molar-refractivity contribution in [3.63, 3.8) is 0 Å². The number of hydrogen-bond donors (Lipinski definition) is 0. The summed E-state index contributed by atoms with van der Waals surface area (Å²) in [5, 5.41) is 0. The van der Waals surface area contributed by atoms with Gasteiger partial charge in [-0.05, 0) is 19.3 Å². The molecular formula is C30H64O2Si. The van der Waals surface area contributed by atoms with E-state index in [4.69, 9.17) is 9.16 Å². The molecule has 0 aliphatic rings. The van der Waals surface area contributed by atoms with Gasteiger partial charge in [0.15, 0.2) is 0 Å². The summed E-state index contributed by atoms with van der Waals surface area (Å²) in [5.41, 5.74) is 0. The molecule has 3 heteroatoms. The van der Waals surface area contributed by atoms with Gasteiger partial charge < -0.3 is 9.16 Å². The van der Waals surface area contributed by atoms with Crippen LogP contribution in [-0.2, 0) is 9.16 Å². The Labute approximate surface area is 213 Å². The summed E-state index contributed by atoms with van der Waals surface area (Å²) in [6, 6.07) is 0. The number of ether oxygens (including phenoxy) is 1. The molecule has 0 aromatic heterocycles. The number of rotatable bonds is 29. The Kier molecular flexibility index (Phi) is 30.3. The summed E-state index contributed by atoms with van der Waals surface area (Å²) < 4.78 is 11.7. The third-order valence-corrected chi connectivity index (χ3v) is 7.63. The minimum absolute atomic E-state index is 0.0806. The third kappa shape index (κ3) is 28.3. The first kappa shape index (κ1) is 33.1. The van der Waals surface area contributed by atoms with Crippen molar-refractivity contribution in [3.8, 4) is 0 Å². The summed E-state index contributed by atoms with van der Waals surface area (Å²) in [6.07, 6.45) is 36.3. The van der Waals surface area contributed by atoms with Crippen LogP contribution < -0.4 is 0 Å². The Balaban J connectivity index is 3.26. The normalized spacial score (nSPS) is 12.5. The molecule has 0 heterocycles. The monoisotopic (exact) mass is 484 g/mol. The van der Waals surface area contributed by atoms with Crippen LogP contribution in [0.5, 0.6) is 0 Å². The second-order valence-corrected chi connectivity index (χ2v) is 10.9. The summed E-state index contributed by atoms with van der Waals surface area (Å²) >= 11 is 0. The highest BCUT2D eigenvalue weighted by atomic mass is 28.2. The predicted molar refractivity (Wildman–Crippen MR) is 152 cm³/mol. The van der Waals surface area contributed by atoms with Crippen LogP contribution in [0.4, 0.5) is 0 Å². The quantitative estimate of drug-likeness (QED) is 0.0597. The molecule has 0 bridgehead atoms. The van der Waals surface area contributed by atoms with Gasteiger partial charge in [-0.15, -0.1) is 0 Å². The van der Waals surface area contributed by atoms with Crippen molar-refractivity contribution in [1.82, 2.24) is 0 Å². The lowest BCUT2D eigenvalue weighted by molar-refractivity contribution is -0.0831. The second kappa shape index (κ2) is 30.2. The summed E-state index contributed by atoms with van der Waals surface area (Å²) in [7, 11) is 0.789. The summed E-state index contributed by atoms with van der Waals surface area (Å²) in [6.45, 7) is 5.48. The van der Waals surface area contributed by atoms with E-state index in [1.165, 1.54) is 161 Å². The lowest BCUT2D eigenvalue weighted by Gasteiger charge is -2.16. The SMILES string of the molecule is CCCCCCCCCCCCCCCC(O[SiH3])OCCCCCCCCCCCCCC. The fraction of sp³-hybridized carbons (Fsp3) is 1.00. The maximum atomic E-state index is 6.00. The highest BCUT2D eigenvalue weighted by Crippen LogP contribution is 2.15. The van der Waals surface area contributed by atoms with E-state index in [0.717, 1.165) is 23.5 Å². The third-order valence-electron chi connectivity index (χ3n) is 7.11. The lowest BCUT2D eigenvalue weighted by atomic mass is 10.0. The Morgan fingerprint density at radius 2 is 0.727 bits per heavy atom. The molecule has 0 saturated carbocycles. The first-order valence-electron chi connectivity index (χ1n) is 15.5. The standard InChI is InChI=1S/C30H64O2Si/c1-3-5-7-9-11-13-15-17-18-20-22-24-26-28-30(32-33)31-29-27-25-23-21-19-16-14-12-10-8-6-4-2/h30H,3-29H2,1-2,33H3. The number of hydrogen-bond acceptors (Lipinski definition) is 2. The highest BCUT2D eigenvalue weighted by Gasteiger charge is 2.06. The van der Waals surface area contributed by atoms with Gasteiger partial charge in [-0.25, -0.2) is 0 Å². The van der Waals surface area contributed by atoms with Crippen molar-refractivity contribution in [2.45, 2.75) is 187 Å². The fourth-order valence-corrected chi connectivity index (χ4v) is 5.13. The van der Waals surface area contributed by atoms with Crippen molar-refractivity contribution < 1.29 is 9.16 Å². The van der Waals surface area contributed by atoms with Crippen LogP contribution in [0.15, 0.2) is 0 Å². The molecule has 0 aromatic carbocycles. The molecule has 200 valence electrons. The Morgan fingerprint density at radius 1 is 0.424 bits per heavy atom.